The van der Waals surface area contributed by atoms with Gasteiger partial charge in [-0.3, -0.25) is 4.79 Å². The molecule has 0 fully saturated rings. The summed E-state index contributed by atoms with van der Waals surface area (Å²) in [5, 5.41) is 5.29. The maximum atomic E-state index is 12.3. The van der Waals surface area contributed by atoms with Gasteiger partial charge in [-0.2, -0.15) is 0 Å². The fraction of sp³-hybridized carbons (Fsp3) is 0.0952. The largest absolute Gasteiger partial charge is 0.494 e. The highest BCUT2D eigenvalue weighted by molar-refractivity contribution is 6.06. The zero-order chi connectivity index (χ0) is 16.8. The molecule has 1 N–H and O–H groups in total. The van der Waals surface area contributed by atoms with E-state index < -0.39 is 0 Å². The van der Waals surface area contributed by atoms with Crippen molar-refractivity contribution in [3.8, 4) is 5.75 Å². The number of rotatable bonds is 6. The number of hydrogen-bond acceptors (Lipinski definition) is 3. The Balaban J connectivity index is 1.65. The molecule has 120 valence electrons. The van der Waals surface area contributed by atoms with Crippen molar-refractivity contribution in [2.45, 2.75) is 6.92 Å². The summed E-state index contributed by atoms with van der Waals surface area (Å²) >= 11 is 0. The molecule has 0 spiro atoms. The van der Waals surface area contributed by atoms with E-state index in [0.29, 0.717) is 12.2 Å². The molecule has 3 rings (SSSR count). The van der Waals surface area contributed by atoms with Crippen molar-refractivity contribution in [3.05, 3.63) is 84.6 Å². The van der Waals surface area contributed by atoms with Gasteiger partial charge in [-0.1, -0.05) is 36.4 Å². The summed E-state index contributed by atoms with van der Waals surface area (Å²) in [5.74, 6) is 0.804. The van der Waals surface area contributed by atoms with Crippen LogP contribution in [0.1, 0.15) is 17.3 Å². The molecule has 0 radical (unpaired) electrons. The number of anilines is 1. The van der Waals surface area contributed by atoms with Crippen molar-refractivity contribution in [1.82, 2.24) is 0 Å². The number of carbonyl (C=O) groups excluding carboxylic acids is 1. The number of nitrogens with one attached hydrogen (secondary N) is 1. The molecule has 24 heavy (non-hydrogen) atoms. The average Bonchev–Trinajstić information content (AvgIpc) is 2.63. The van der Waals surface area contributed by atoms with Crippen molar-refractivity contribution in [2.24, 2.45) is 0 Å². The van der Waals surface area contributed by atoms with E-state index >= 15 is 0 Å². The SMILES string of the molecule is CCOc1ccc(NC=CC(=O)c2ccc3ccccc3c2)cc1. The summed E-state index contributed by atoms with van der Waals surface area (Å²) < 4.78 is 5.40. The normalized spacial score (nSPS) is 10.9. The van der Waals surface area contributed by atoms with Gasteiger partial charge in [0.25, 0.3) is 0 Å². The second-order valence-corrected chi connectivity index (χ2v) is 5.36. The Morgan fingerprint density at radius 1 is 1.00 bits per heavy atom. The lowest BCUT2D eigenvalue weighted by Crippen LogP contribution is -1.96. The van der Waals surface area contributed by atoms with Gasteiger partial charge in [0.2, 0.25) is 0 Å². The summed E-state index contributed by atoms with van der Waals surface area (Å²) in [7, 11) is 0. The Kier molecular flexibility index (Phi) is 4.92. The molecular formula is C21H19NO2. The highest BCUT2D eigenvalue weighted by Crippen LogP contribution is 2.17. The summed E-state index contributed by atoms with van der Waals surface area (Å²) in [5.41, 5.74) is 1.58. The summed E-state index contributed by atoms with van der Waals surface area (Å²) in [6.45, 7) is 2.60. The van der Waals surface area contributed by atoms with E-state index in [2.05, 4.69) is 5.32 Å². The Morgan fingerprint density at radius 3 is 2.50 bits per heavy atom. The minimum absolute atomic E-state index is 0.0285. The van der Waals surface area contributed by atoms with Crippen LogP contribution in [0.25, 0.3) is 10.8 Å². The molecule has 3 aromatic rings. The van der Waals surface area contributed by atoms with E-state index in [1.165, 1.54) is 0 Å². The molecule has 0 atom stereocenters. The Bertz CT molecular complexity index is 866. The van der Waals surface area contributed by atoms with Gasteiger partial charge in [-0.05, 0) is 48.0 Å². The molecule has 0 aliphatic heterocycles. The lowest BCUT2D eigenvalue weighted by molar-refractivity contribution is 0.104. The van der Waals surface area contributed by atoms with E-state index in [4.69, 9.17) is 4.74 Å². The molecule has 0 heterocycles. The number of allylic oxidation sites excluding steroid dienone is 1. The fourth-order valence-electron chi connectivity index (χ4n) is 2.47. The monoisotopic (exact) mass is 317 g/mol. The Morgan fingerprint density at radius 2 is 1.75 bits per heavy atom. The quantitative estimate of drug-likeness (QED) is 0.511. The Hall–Kier alpha value is -3.07. The number of fused-ring (bicyclic) bond motifs is 1. The highest BCUT2D eigenvalue weighted by Gasteiger charge is 2.02. The highest BCUT2D eigenvalue weighted by atomic mass is 16.5. The second-order valence-electron chi connectivity index (χ2n) is 5.36. The van der Waals surface area contributed by atoms with Gasteiger partial charge in [0.1, 0.15) is 5.75 Å². The molecule has 3 aromatic carbocycles. The number of carbonyl (C=O) groups is 1. The molecule has 0 saturated carbocycles. The number of ether oxygens (including phenoxy) is 1. The predicted molar refractivity (Wildman–Crippen MR) is 98.7 cm³/mol. The summed E-state index contributed by atoms with van der Waals surface area (Å²) in [4.78, 5) is 12.3. The van der Waals surface area contributed by atoms with Crippen LogP contribution in [0.2, 0.25) is 0 Å². The van der Waals surface area contributed by atoms with Crippen LogP contribution in [0.3, 0.4) is 0 Å². The molecule has 0 bridgehead atoms. The van der Waals surface area contributed by atoms with Crippen LogP contribution in [0.15, 0.2) is 79.0 Å². The van der Waals surface area contributed by atoms with Gasteiger partial charge in [-0.15, -0.1) is 0 Å². The molecule has 0 aromatic heterocycles. The molecule has 0 saturated heterocycles. The van der Waals surface area contributed by atoms with Gasteiger partial charge in [0.05, 0.1) is 6.61 Å². The maximum Gasteiger partial charge on any atom is 0.187 e. The number of ketones is 1. The number of hydrogen-bond donors (Lipinski definition) is 1. The first kappa shape index (κ1) is 15.8. The van der Waals surface area contributed by atoms with Crippen molar-refractivity contribution >= 4 is 22.2 Å². The van der Waals surface area contributed by atoms with Crippen molar-refractivity contribution in [1.29, 1.82) is 0 Å². The smallest absolute Gasteiger partial charge is 0.187 e. The third-order valence-corrected chi connectivity index (χ3v) is 3.68. The lowest BCUT2D eigenvalue weighted by atomic mass is 10.0. The van der Waals surface area contributed by atoms with Crippen molar-refractivity contribution < 1.29 is 9.53 Å². The van der Waals surface area contributed by atoms with Crippen molar-refractivity contribution in [3.63, 3.8) is 0 Å². The van der Waals surface area contributed by atoms with E-state index in [1.54, 1.807) is 12.3 Å². The standard InChI is InChI=1S/C21H19NO2/c1-2-24-20-11-9-19(10-12-20)22-14-13-21(23)18-8-7-16-5-3-4-6-17(16)15-18/h3-15,22H,2H2,1H3. The van der Waals surface area contributed by atoms with E-state index in [-0.39, 0.29) is 5.78 Å². The summed E-state index contributed by atoms with van der Waals surface area (Å²) in [6.07, 6.45) is 3.20. The number of benzene rings is 3. The van der Waals surface area contributed by atoms with Crippen LogP contribution >= 0.6 is 0 Å². The van der Waals surface area contributed by atoms with Gasteiger partial charge >= 0.3 is 0 Å². The third kappa shape index (κ3) is 3.82. The maximum absolute atomic E-state index is 12.3. The molecular weight excluding hydrogens is 298 g/mol. The van der Waals surface area contributed by atoms with Gasteiger partial charge in [0, 0.05) is 23.5 Å². The Labute approximate surface area is 141 Å². The minimum atomic E-state index is -0.0285. The van der Waals surface area contributed by atoms with Crippen LogP contribution in [0, 0.1) is 0 Å². The van der Waals surface area contributed by atoms with E-state index in [1.807, 2.05) is 73.7 Å². The third-order valence-electron chi connectivity index (χ3n) is 3.68. The van der Waals surface area contributed by atoms with E-state index in [0.717, 1.165) is 22.2 Å². The second kappa shape index (κ2) is 7.47. The average molecular weight is 317 g/mol. The van der Waals surface area contributed by atoms with Crippen LogP contribution in [-0.2, 0) is 0 Å². The first-order valence-corrected chi connectivity index (χ1v) is 7.95. The van der Waals surface area contributed by atoms with Gasteiger partial charge < -0.3 is 10.1 Å². The predicted octanol–water partition coefficient (Wildman–Crippen LogP) is 5.05. The summed E-state index contributed by atoms with van der Waals surface area (Å²) in [6, 6.07) is 21.4. The van der Waals surface area contributed by atoms with Gasteiger partial charge in [0.15, 0.2) is 5.78 Å². The first-order chi connectivity index (χ1) is 11.8. The zero-order valence-electron chi connectivity index (χ0n) is 13.5. The molecule has 3 heteroatoms. The van der Waals surface area contributed by atoms with Crippen LogP contribution < -0.4 is 10.1 Å². The van der Waals surface area contributed by atoms with Gasteiger partial charge in [-0.25, -0.2) is 0 Å². The van der Waals surface area contributed by atoms with Crippen LogP contribution in [0.4, 0.5) is 5.69 Å². The molecule has 0 amide bonds. The molecule has 0 aliphatic carbocycles. The first-order valence-electron chi connectivity index (χ1n) is 7.95. The molecule has 0 aliphatic rings. The topological polar surface area (TPSA) is 38.3 Å². The molecule has 3 nitrogen and oxygen atoms in total. The molecule has 0 unspecified atom stereocenters. The van der Waals surface area contributed by atoms with Crippen LogP contribution in [-0.4, -0.2) is 12.4 Å². The fourth-order valence-corrected chi connectivity index (χ4v) is 2.47. The van der Waals surface area contributed by atoms with Crippen molar-refractivity contribution in [2.75, 3.05) is 11.9 Å². The van der Waals surface area contributed by atoms with E-state index in [9.17, 15) is 4.79 Å². The zero-order valence-corrected chi connectivity index (χ0v) is 13.5. The minimum Gasteiger partial charge on any atom is -0.494 e. The van der Waals surface area contributed by atoms with Crippen LogP contribution in [0.5, 0.6) is 5.75 Å². The lowest BCUT2D eigenvalue weighted by Gasteiger charge is -2.04.